The molecule has 4 aliphatic rings. The quantitative estimate of drug-likeness (QED) is 0.158. The maximum atomic E-state index is 13.4. The van der Waals surface area contributed by atoms with Crippen LogP contribution in [0.25, 0.3) is 22.1 Å². The first-order valence-corrected chi connectivity index (χ1v) is 22.0. The first kappa shape index (κ1) is 40.3. The van der Waals surface area contributed by atoms with Crippen LogP contribution in [0.3, 0.4) is 0 Å². The lowest BCUT2D eigenvalue weighted by atomic mass is 9.86. The fraction of sp³-hybridized carbons (Fsp3) is 0.422. The molecule has 0 spiro atoms. The number of aryl methyl sites for hydroxylation is 1. The zero-order chi connectivity index (χ0) is 43.0. The Hall–Kier alpha value is -6.82. The Morgan fingerprint density at radius 1 is 0.857 bits per heavy atom. The lowest BCUT2D eigenvalue weighted by Crippen LogP contribution is -2.47. The van der Waals surface area contributed by atoms with Crippen molar-refractivity contribution in [3.63, 3.8) is 0 Å². The maximum Gasteiger partial charge on any atom is 0.278 e. The van der Waals surface area contributed by atoms with E-state index in [1.165, 1.54) is 12.1 Å². The molecule has 7 heterocycles. The number of pyridine rings is 1. The molecule has 0 unspecified atom stereocenters. The number of nitrogens with one attached hydrogen (secondary N) is 3. The fourth-order valence-corrected chi connectivity index (χ4v) is 9.40. The predicted octanol–water partition coefficient (Wildman–Crippen LogP) is 3.92. The number of hydrogen-bond acceptors (Lipinski definition) is 14. The largest absolute Gasteiger partial charge is 0.371 e. The molecule has 4 fully saturated rings. The van der Waals surface area contributed by atoms with Crippen molar-refractivity contribution in [3.8, 4) is 0 Å². The third-order valence-electron chi connectivity index (χ3n) is 13.2. The Morgan fingerprint density at radius 2 is 1.63 bits per heavy atom. The first-order valence-electron chi connectivity index (χ1n) is 22.0. The number of imide groups is 1. The zero-order valence-corrected chi connectivity index (χ0v) is 35.2. The summed E-state index contributed by atoms with van der Waals surface area (Å²) in [6, 6.07) is 19.1. The topological polar surface area (TPSA) is 201 Å². The number of nitrogens with zero attached hydrogens (tertiary/aromatic N) is 11. The summed E-state index contributed by atoms with van der Waals surface area (Å²) < 4.78 is 3.20. The number of piperidine rings is 2. The molecule has 324 valence electrons. The number of fused-ring (bicyclic) bond motifs is 2. The lowest BCUT2D eigenvalue weighted by molar-refractivity contribution is -0.136. The Kier molecular flexibility index (Phi) is 11.0. The molecule has 63 heavy (non-hydrogen) atoms. The van der Waals surface area contributed by atoms with Crippen LogP contribution in [0.5, 0.6) is 0 Å². The molecular weight excluding hydrogens is 801 g/mol. The van der Waals surface area contributed by atoms with Crippen LogP contribution in [-0.4, -0.2) is 114 Å². The van der Waals surface area contributed by atoms with Crippen LogP contribution in [0.2, 0.25) is 0 Å². The number of carbonyl (C=O) groups is 3. The van der Waals surface area contributed by atoms with Crippen LogP contribution in [-0.2, 0) is 9.59 Å². The van der Waals surface area contributed by atoms with Gasteiger partial charge in [0.2, 0.25) is 5.91 Å². The SMILES string of the molecule is Cc1cccc(C(=O)NC2CC(n3cnc4c(Nc5ccc(N6CCN(CCC7CCN(c8ccc9nnn([C@H]%10CCC(=O)NC%10=O)c(=O)c9c8)CC7)CC6)cc5)ncnc43)C2)n1. The Balaban J connectivity index is 0.673. The van der Waals surface area contributed by atoms with Gasteiger partial charge in [-0.05, 0) is 113 Å². The summed E-state index contributed by atoms with van der Waals surface area (Å²) in [4.78, 5) is 75.6. The average Bonchev–Trinajstić information content (AvgIpc) is 3.72. The van der Waals surface area contributed by atoms with Gasteiger partial charge in [-0.2, -0.15) is 4.68 Å². The molecule has 3 aliphatic heterocycles. The van der Waals surface area contributed by atoms with Gasteiger partial charge >= 0.3 is 0 Å². The predicted molar refractivity (Wildman–Crippen MR) is 237 cm³/mol. The zero-order valence-electron chi connectivity index (χ0n) is 35.2. The third kappa shape index (κ3) is 8.41. The molecule has 18 heteroatoms. The van der Waals surface area contributed by atoms with E-state index in [0.29, 0.717) is 33.8 Å². The maximum absolute atomic E-state index is 13.4. The molecule has 0 radical (unpaired) electrons. The molecule has 6 aromatic rings. The van der Waals surface area contributed by atoms with E-state index < -0.39 is 11.9 Å². The molecule has 0 bridgehead atoms. The van der Waals surface area contributed by atoms with Gasteiger partial charge in [0.25, 0.3) is 17.4 Å². The van der Waals surface area contributed by atoms with Gasteiger partial charge in [-0.3, -0.25) is 29.4 Å². The van der Waals surface area contributed by atoms with Crippen LogP contribution in [0.4, 0.5) is 22.9 Å². The lowest BCUT2D eigenvalue weighted by Gasteiger charge is -2.38. The summed E-state index contributed by atoms with van der Waals surface area (Å²) >= 11 is 0. The molecule has 4 aromatic heterocycles. The van der Waals surface area contributed by atoms with Gasteiger partial charge in [0, 0.05) is 80.5 Å². The van der Waals surface area contributed by atoms with Crippen LogP contribution in [0.1, 0.15) is 73.2 Å². The summed E-state index contributed by atoms with van der Waals surface area (Å²) in [6.07, 6.45) is 8.71. The van der Waals surface area contributed by atoms with E-state index in [2.05, 4.69) is 89.7 Å². The molecule has 18 nitrogen and oxygen atoms in total. The summed E-state index contributed by atoms with van der Waals surface area (Å²) in [5, 5.41) is 17.5. The van der Waals surface area contributed by atoms with Crippen molar-refractivity contribution >= 4 is 62.7 Å². The normalized spacial score (nSPS) is 21.1. The smallest absolute Gasteiger partial charge is 0.278 e. The molecule has 3 N–H and O–H groups in total. The fourth-order valence-electron chi connectivity index (χ4n) is 9.40. The molecule has 2 aromatic carbocycles. The average molecular weight is 851 g/mol. The molecule has 10 rings (SSSR count). The van der Waals surface area contributed by atoms with Crippen molar-refractivity contribution in [3.05, 3.63) is 95.1 Å². The number of aromatic nitrogens is 8. The Morgan fingerprint density at radius 3 is 2.41 bits per heavy atom. The summed E-state index contributed by atoms with van der Waals surface area (Å²) in [7, 11) is 0. The number of amides is 3. The highest BCUT2D eigenvalue weighted by Gasteiger charge is 2.34. The third-order valence-corrected chi connectivity index (χ3v) is 13.2. The number of carbonyl (C=O) groups excluding carboxylic acids is 3. The van der Waals surface area contributed by atoms with Crippen molar-refractivity contribution in [1.29, 1.82) is 0 Å². The minimum atomic E-state index is -0.841. The molecule has 1 aliphatic carbocycles. The molecular formula is C45H50N14O4. The van der Waals surface area contributed by atoms with E-state index in [1.54, 1.807) is 12.4 Å². The van der Waals surface area contributed by atoms with E-state index in [9.17, 15) is 19.2 Å². The molecule has 1 saturated carbocycles. The first-order chi connectivity index (χ1) is 30.7. The Bertz CT molecular complexity index is 2730. The highest BCUT2D eigenvalue weighted by atomic mass is 16.2. The van der Waals surface area contributed by atoms with Gasteiger partial charge in [0.1, 0.15) is 23.6 Å². The number of hydrogen-bond donors (Lipinski definition) is 3. The van der Waals surface area contributed by atoms with Gasteiger partial charge in [0.15, 0.2) is 17.0 Å². The molecule has 3 saturated heterocycles. The summed E-state index contributed by atoms with van der Waals surface area (Å²) in [5.74, 6) is 0.298. The highest BCUT2D eigenvalue weighted by Crippen LogP contribution is 2.36. The van der Waals surface area contributed by atoms with Crippen LogP contribution < -0.4 is 31.3 Å². The number of anilines is 4. The van der Waals surface area contributed by atoms with Crippen LogP contribution in [0.15, 0.2) is 78.1 Å². The van der Waals surface area contributed by atoms with Crippen molar-refractivity contribution < 1.29 is 14.4 Å². The number of imidazole rings is 1. The van der Waals surface area contributed by atoms with E-state index in [4.69, 9.17) is 0 Å². The molecule has 3 amide bonds. The van der Waals surface area contributed by atoms with Gasteiger partial charge in [-0.15, -0.1) is 5.10 Å². The second-order valence-electron chi connectivity index (χ2n) is 17.2. The standard InChI is InChI=1S/C45H50N14O4/c1-28-3-2-4-37(49-28)43(61)51-31-23-34(24-31)58-27-48-40-41(46-26-47-42(40)58)50-30-5-7-32(8-6-30)57-21-19-55(20-22-57)16-13-29-14-17-56(18-15-29)33-9-10-36-35(25-33)45(63)59(54-53-36)38-11-12-39(60)52-44(38)62/h2-10,25-27,29,31,34,38H,11-24H2,1H3,(H,51,61)(H,46,47,50)(H,52,60,62)/t31?,34?,38-/m0/s1. The van der Waals surface area contributed by atoms with Gasteiger partial charge in [0.05, 0.1) is 11.7 Å². The van der Waals surface area contributed by atoms with Crippen molar-refractivity contribution in [2.24, 2.45) is 5.92 Å². The van der Waals surface area contributed by atoms with Gasteiger partial charge < -0.3 is 25.0 Å². The molecule has 1 atom stereocenters. The number of rotatable bonds is 11. The highest BCUT2D eigenvalue weighted by molar-refractivity contribution is 5.99. The summed E-state index contributed by atoms with van der Waals surface area (Å²) in [5.41, 5.74) is 5.95. The summed E-state index contributed by atoms with van der Waals surface area (Å²) in [6.45, 7) is 8.78. The minimum Gasteiger partial charge on any atom is -0.371 e. The van der Waals surface area contributed by atoms with E-state index in [1.807, 2.05) is 43.6 Å². The van der Waals surface area contributed by atoms with Crippen molar-refractivity contribution in [1.82, 2.24) is 55.0 Å². The Labute approximate surface area is 363 Å². The number of benzene rings is 2. The second kappa shape index (κ2) is 17.2. The van der Waals surface area contributed by atoms with E-state index in [-0.39, 0.29) is 42.3 Å². The second-order valence-corrected chi connectivity index (χ2v) is 17.2. The van der Waals surface area contributed by atoms with Crippen molar-refractivity contribution in [2.75, 3.05) is 60.9 Å². The van der Waals surface area contributed by atoms with Gasteiger partial charge in [-0.1, -0.05) is 11.3 Å². The monoisotopic (exact) mass is 850 g/mol. The van der Waals surface area contributed by atoms with Crippen LogP contribution in [0, 0.1) is 12.8 Å². The van der Waals surface area contributed by atoms with Gasteiger partial charge in [-0.25, -0.2) is 19.9 Å². The van der Waals surface area contributed by atoms with E-state index in [0.717, 1.165) is 98.9 Å². The van der Waals surface area contributed by atoms with E-state index >= 15 is 0 Å². The number of piperazine rings is 1. The minimum absolute atomic E-state index is 0.0723. The van der Waals surface area contributed by atoms with Crippen molar-refractivity contribution in [2.45, 2.75) is 70.0 Å². The van der Waals surface area contributed by atoms with Crippen LogP contribution >= 0.6 is 0 Å².